The first-order valence-electron chi connectivity index (χ1n) is 8.65. The number of nitrogens with zero attached hydrogens (tertiary/aromatic N) is 3. The summed E-state index contributed by atoms with van der Waals surface area (Å²) >= 11 is 6.29. The average Bonchev–Trinajstić information content (AvgIpc) is 2.68. The molecule has 28 heavy (non-hydrogen) atoms. The maximum atomic E-state index is 12.6. The van der Waals surface area contributed by atoms with Crippen molar-refractivity contribution in [3.05, 3.63) is 90.8 Å². The van der Waals surface area contributed by atoms with Crippen LogP contribution >= 0.6 is 11.6 Å². The molecule has 3 rings (SSSR count). The molecule has 2 aromatic carbocycles. The summed E-state index contributed by atoms with van der Waals surface area (Å²) in [5.74, 6) is 0. The summed E-state index contributed by atoms with van der Waals surface area (Å²) in [5, 5.41) is 18.2. The maximum Gasteiger partial charge on any atom is 0.292 e. The Labute approximate surface area is 166 Å². The molecule has 0 aliphatic heterocycles. The van der Waals surface area contributed by atoms with Gasteiger partial charge in [-0.15, -0.1) is 0 Å². The van der Waals surface area contributed by atoms with Crippen molar-refractivity contribution < 1.29 is 4.92 Å². The monoisotopic (exact) mass is 398 g/mol. The Kier molecular flexibility index (Phi) is 5.46. The Bertz CT molecular complexity index is 1090. The van der Waals surface area contributed by atoms with Crippen LogP contribution in [0.15, 0.2) is 53.5 Å². The molecule has 0 saturated carbocycles. The van der Waals surface area contributed by atoms with E-state index in [1.165, 1.54) is 41.6 Å². The van der Waals surface area contributed by atoms with E-state index in [1.807, 2.05) is 32.0 Å². The van der Waals surface area contributed by atoms with E-state index in [9.17, 15) is 14.9 Å². The second-order valence-corrected chi connectivity index (χ2v) is 6.90. The van der Waals surface area contributed by atoms with Crippen LogP contribution in [0.4, 0.5) is 11.4 Å². The maximum absolute atomic E-state index is 12.6. The molecule has 0 spiro atoms. The molecular formula is C20H19ClN4O3. The van der Waals surface area contributed by atoms with E-state index in [2.05, 4.69) is 17.3 Å². The molecule has 3 aromatic rings. The molecule has 0 fully saturated rings. The fourth-order valence-electron chi connectivity index (χ4n) is 2.99. The van der Waals surface area contributed by atoms with Gasteiger partial charge in [-0.3, -0.25) is 14.9 Å². The van der Waals surface area contributed by atoms with Crippen LogP contribution in [0, 0.1) is 24.0 Å². The largest absolute Gasteiger partial charge is 0.376 e. The van der Waals surface area contributed by atoms with Crippen LogP contribution in [0.25, 0.3) is 5.69 Å². The lowest BCUT2D eigenvalue weighted by atomic mass is 9.98. The minimum Gasteiger partial charge on any atom is -0.376 e. The number of anilines is 1. The van der Waals surface area contributed by atoms with Gasteiger partial charge in [0.05, 0.1) is 22.5 Å². The molecule has 0 aliphatic carbocycles. The molecule has 0 bridgehead atoms. The number of aromatic nitrogens is 2. The summed E-state index contributed by atoms with van der Waals surface area (Å²) in [6.45, 7) is 6.08. The van der Waals surface area contributed by atoms with Crippen molar-refractivity contribution in [3.8, 4) is 5.69 Å². The number of benzene rings is 2. The number of nitro groups is 1. The van der Waals surface area contributed by atoms with Gasteiger partial charge in [0.1, 0.15) is 5.02 Å². The van der Waals surface area contributed by atoms with Gasteiger partial charge in [-0.2, -0.15) is 9.78 Å². The SMILES string of the molecule is Cc1cccc(C(C)Nc2cnn(-c3ccc([N+](=O)[O-])cc3)c(=O)c2Cl)c1C. The Morgan fingerprint density at radius 2 is 1.86 bits per heavy atom. The Balaban J connectivity index is 1.91. The fourth-order valence-corrected chi connectivity index (χ4v) is 3.17. The van der Waals surface area contributed by atoms with E-state index in [1.54, 1.807) is 0 Å². The van der Waals surface area contributed by atoms with Crippen LogP contribution in [0.3, 0.4) is 0 Å². The molecule has 144 valence electrons. The highest BCUT2D eigenvalue weighted by Gasteiger charge is 2.15. The summed E-state index contributed by atoms with van der Waals surface area (Å²) in [7, 11) is 0. The molecule has 0 radical (unpaired) electrons. The normalized spacial score (nSPS) is 11.9. The Hall–Kier alpha value is -3.19. The summed E-state index contributed by atoms with van der Waals surface area (Å²) < 4.78 is 1.11. The lowest BCUT2D eigenvalue weighted by molar-refractivity contribution is -0.384. The van der Waals surface area contributed by atoms with Gasteiger partial charge in [0.15, 0.2) is 0 Å². The van der Waals surface area contributed by atoms with Crippen LogP contribution in [0.5, 0.6) is 0 Å². The van der Waals surface area contributed by atoms with E-state index in [-0.39, 0.29) is 16.8 Å². The highest BCUT2D eigenvalue weighted by molar-refractivity contribution is 6.33. The third kappa shape index (κ3) is 3.75. The summed E-state index contributed by atoms with van der Waals surface area (Å²) in [5.41, 5.74) is 3.72. The van der Waals surface area contributed by atoms with Gasteiger partial charge >= 0.3 is 0 Å². The zero-order valence-corrected chi connectivity index (χ0v) is 16.4. The van der Waals surface area contributed by atoms with Crippen LogP contribution in [-0.4, -0.2) is 14.7 Å². The standard InChI is InChI=1S/C20H19ClN4O3/c1-12-5-4-6-17(13(12)2)14(3)23-18-11-22-24(20(26)19(18)21)15-7-9-16(10-8-15)25(27)28/h4-11,14,23H,1-3H3. The Morgan fingerprint density at radius 3 is 2.50 bits per heavy atom. The topological polar surface area (TPSA) is 90.1 Å². The summed E-state index contributed by atoms with van der Waals surface area (Å²) in [4.78, 5) is 22.9. The number of hydrogen-bond donors (Lipinski definition) is 1. The van der Waals surface area contributed by atoms with Crippen molar-refractivity contribution in [2.75, 3.05) is 5.32 Å². The van der Waals surface area contributed by atoms with Crippen molar-refractivity contribution in [1.29, 1.82) is 0 Å². The highest BCUT2D eigenvalue weighted by atomic mass is 35.5. The van der Waals surface area contributed by atoms with E-state index in [0.29, 0.717) is 11.4 Å². The van der Waals surface area contributed by atoms with Crippen molar-refractivity contribution in [2.24, 2.45) is 0 Å². The zero-order chi connectivity index (χ0) is 20.4. The van der Waals surface area contributed by atoms with Crippen molar-refractivity contribution in [3.63, 3.8) is 0 Å². The first kappa shape index (κ1) is 19.6. The Morgan fingerprint density at radius 1 is 1.18 bits per heavy atom. The van der Waals surface area contributed by atoms with Crippen LogP contribution in [0.2, 0.25) is 5.02 Å². The van der Waals surface area contributed by atoms with Crippen LogP contribution in [0.1, 0.15) is 29.7 Å². The summed E-state index contributed by atoms with van der Waals surface area (Å²) in [6.07, 6.45) is 1.48. The minimum absolute atomic E-state index is 0.00510. The number of hydrogen-bond acceptors (Lipinski definition) is 5. The molecule has 1 atom stereocenters. The van der Waals surface area contributed by atoms with Gasteiger partial charge in [-0.25, -0.2) is 0 Å². The van der Waals surface area contributed by atoms with Crippen LogP contribution in [-0.2, 0) is 0 Å². The van der Waals surface area contributed by atoms with E-state index < -0.39 is 10.5 Å². The first-order valence-corrected chi connectivity index (χ1v) is 9.02. The molecule has 1 N–H and O–H groups in total. The molecule has 0 amide bonds. The number of non-ortho nitro benzene ring substituents is 1. The van der Waals surface area contributed by atoms with Gasteiger partial charge in [0.2, 0.25) is 0 Å². The fraction of sp³-hybridized carbons (Fsp3) is 0.200. The number of halogens is 1. The smallest absolute Gasteiger partial charge is 0.292 e. The number of nitro benzene ring substituents is 1. The molecule has 1 heterocycles. The first-order chi connectivity index (χ1) is 13.3. The molecule has 7 nitrogen and oxygen atoms in total. The number of aryl methyl sites for hydroxylation is 1. The van der Waals surface area contributed by atoms with E-state index in [0.717, 1.165) is 10.2 Å². The molecule has 1 aromatic heterocycles. The minimum atomic E-state index is -0.506. The highest BCUT2D eigenvalue weighted by Crippen LogP contribution is 2.26. The number of nitrogens with one attached hydrogen (secondary N) is 1. The lowest BCUT2D eigenvalue weighted by Crippen LogP contribution is -2.23. The molecular weight excluding hydrogens is 380 g/mol. The molecule has 8 heteroatoms. The van der Waals surface area contributed by atoms with Crippen molar-refractivity contribution in [2.45, 2.75) is 26.8 Å². The molecule has 1 unspecified atom stereocenters. The number of rotatable bonds is 5. The van der Waals surface area contributed by atoms with Crippen molar-refractivity contribution in [1.82, 2.24) is 9.78 Å². The second-order valence-electron chi connectivity index (χ2n) is 6.52. The average molecular weight is 399 g/mol. The quantitative estimate of drug-likeness (QED) is 0.501. The predicted molar refractivity (Wildman–Crippen MR) is 109 cm³/mol. The van der Waals surface area contributed by atoms with Gasteiger partial charge < -0.3 is 5.32 Å². The lowest BCUT2D eigenvalue weighted by Gasteiger charge is -2.19. The third-order valence-corrected chi connectivity index (χ3v) is 5.07. The predicted octanol–water partition coefficient (Wildman–Crippen LogP) is 4.58. The van der Waals surface area contributed by atoms with Gasteiger partial charge in [0, 0.05) is 18.2 Å². The summed E-state index contributed by atoms with van der Waals surface area (Å²) in [6, 6.07) is 11.5. The van der Waals surface area contributed by atoms with Gasteiger partial charge in [-0.05, 0) is 49.6 Å². The van der Waals surface area contributed by atoms with Gasteiger partial charge in [0.25, 0.3) is 11.2 Å². The van der Waals surface area contributed by atoms with Gasteiger partial charge in [-0.1, -0.05) is 29.8 Å². The van der Waals surface area contributed by atoms with Crippen LogP contribution < -0.4 is 10.9 Å². The van der Waals surface area contributed by atoms with Crippen molar-refractivity contribution >= 4 is 23.0 Å². The van der Waals surface area contributed by atoms with E-state index >= 15 is 0 Å². The zero-order valence-electron chi connectivity index (χ0n) is 15.6. The molecule has 0 saturated heterocycles. The second kappa shape index (κ2) is 7.82. The van der Waals surface area contributed by atoms with E-state index in [4.69, 9.17) is 11.6 Å². The molecule has 0 aliphatic rings. The third-order valence-electron chi connectivity index (χ3n) is 4.71.